The summed E-state index contributed by atoms with van der Waals surface area (Å²) in [6.07, 6.45) is 3.63. The Bertz CT molecular complexity index is 551. The van der Waals surface area contributed by atoms with Crippen molar-refractivity contribution >= 4 is 21.6 Å². The fourth-order valence-electron chi connectivity index (χ4n) is 2.03. The molecule has 0 saturated carbocycles. The summed E-state index contributed by atoms with van der Waals surface area (Å²) in [5.74, 6) is 0.272. The zero-order valence-electron chi connectivity index (χ0n) is 11.7. The molecule has 0 aliphatic carbocycles. The van der Waals surface area contributed by atoms with Gasteiger partial charge < -0.3 is 10.4 Å². The second kappa shape index (κ2) is 7.34. The number of hydrogen-bond donors (Lipinski definition) is 2. The van der Waals surface area contributed by atoms with Crippen molar-refractivity contribution in [3.05, 3.63) is 58.1 Å². The molecule has 0 fully saturated rings. The number of unbranched alkanes of at least 4 members (excludes halogenated alkanes) is 1. The van der Waals surface area contributed by atoms with Crippen LogP contribution < -0.4 is 5.32 Å². The first kappa shape index (κ1) is 14.9. The molecule has 0 saturated heterocycles. The molecular formula is C17H20BrNO. The molecule has 3 heteroatoms. The number of aromatic hydroxyl groups is 1. The van der Waals surface area contributed by atoms with Gasteiger partial charge in [0.25, 0.3) is 0 Å². The minimum Gasteiger partial charge on any atom is -0.507 e. The molecule has 20 heavy (non-hydrogen) atoms. The maximum absolute atomic E-state index is 9.46. The summed E-state index contributed by atoms with van der Waals surface area (Å²) in [7, 11) is 0. The van der Waals surface area contributed by atoms with Gasteiger partial charge >= 0.3 is 0 Å². The summed E-state index contributed by atoms with van der Waals surface area (Å²) in [6, 6.07) is 14.2. The molecule has 0 radical (unpaired) electrons. The minimum atomic E-state index is 0.272. The van der Waals surface area contributed by atoms with Gasteiger partial charge in [0, 0.05) is 12.2 Å². The van der Waals surface area contributed by atoms with Gasteiger partial charge in [-0.2, -0.15) is 0 Å². The van der Waals surface area contributed by atoms with Crippen LogP contribution in [0.5, 0.6) is 5.75 Å². The first-order valence-corrected chi connectivity index (χ1v) is 7.78. The van der Waals surface area contributed by atoms with E-state index in [0.29, 0.717) is 0 Å². The topological polar surface area (TPSA) is 32.3 Å². The highest BCUT2D eigenvalue weighted by Gasteiger charge is 2.00. The van der Waals surface area contributed by atoms with Crippen LogP contribution in [0.1, 0.15) is 30.9 Å². The first-order chi connectivity index (χ1) is 9.69. The Morgan fingerprint density at radius 3 is 2.40 bits per heavy atom. The maximum atomic E-state index is 9.46. The number of nitrogens with one attached hydrogen (secondary N) is 1. The van der Waals surface area contributed by atoms with Crippen molar-refractivity contribution in [2.45, 2.75) is 32.7 Å². The molecular weight excluding hydrogens is 314 g/mol. The molecule has 0 spiro atoms. The van der Waals surface area contributed by atoms with E-state index in [0.717, 1.165) is 28.7 Å². The van der Waals surface area contributed by atoms with Crippen LogP contribution in [0, 0.1) is 0 Å². The van der Waals surface area contributed by atoms with Gasteiger partial charge in [-0.25, -0.2) is 0 Å². The predicted molar refractivity (Wildman–Crippen MR) is 88.2 cm³/mol. The van der Waals surface area contributed by atoms with Crippen LogP contribution in [0.15, 0.2) is 46.9 Å². The second-order valence-electron chi connectivity index (χ2n) is 4.94. The van der Waals surface area contributed by atoms with Crippen LogP contribution in [-0.4, -0.2) is 5.11 Å². The highest BCUT2D eigenvalue weighted by atomic mass is 79.9. The fourth-order valence-corrected chi connectivity index (χ4v) is 2.46. The van der Waals surface area contributed by atoms with Crippen molar-refractivity contribution < 1.29 is 5.11 Å². The molecule has 2 nitrogen and oxygen atoms in total. The molecule has 0 amide bonds. The van der Waals surface area contributed by atoms with Gasteiger partial charge in [-0.05, 0) is 64.2 Å². The largest absolute Gasteiger partial charge is 0.507 e. The quantitative estimate of drug-likeness (QED) is 0.769. The van der Waals surface area contributed by atoms with Gasteiger partial charge in [0.15, 0.2) is 0 Å². The highest BCUT2D eigenvalue weighted by Crippen LogP contribution is 2.24. The van der Waals surface area contributed by atoms with E-state index in [1.54, 1.807) is 6.07 Å². The lowest BCUT2D eigenvalue weighted by atomic mass is 10.1. The number of rotatable bonds is 6. The van der Waals surface area contributed by atoms with Gasteiger partial charge in [0.1, 0.15) is 5.75 Å². The van der Waals surface area contributed by atoms with Crippen LogP contribution in [-0.2, 0) is 13.0 Å². The molecule has 0 heterocycles. The van der Waals surface area contributed by atoms with Crippen molar-refractivity contribution in [3.63, 3.8) is 0 Å². The monoisotopic (exact) mass is 333 g/mol. The average Bonchev–Trinajstić information content (AvgIpc) is 2.47. The number of benzene rings is 2. The zero-order chi connectivity index (χ0) is 14.4. The fraction of sp³-hybridized carbons (Fsp3) is 0.294. The van der Waals surface area contributed by atoms with E-state index in [4.69, 9.17) is 0 Å². The van der Waals surface area contributed by atoms with Crippen molar-refractivity contribution in [1.82, 2.24) is 0 Å². The number of hydrogen-bond acceptors (Lipinski definition) is 2. The summed E-state index contributed by atoms with van der Waals surface area (Å²) < 4.78 is 0.728. The Labute approximate surface area is 129 Å². The second-order valence-corrected chi connectivity index (χ2v) is 5.79. The van der Waals surface area contributed by atoms with E-state index >= 15 is 0 Å². The number of halogens is 1. The summed E-state index contributed by atoms with van der Waals surface area (Å²) >= 11 is 3.33. The number of aryl methyl sites for hydroxylation is 1. The minimum absolute atomic E-state index is 0.272. The average molecular weight is 334 g/mol. The lowest BCUT2D eigenvalue weighted by Crippen LogP contribution is -1.99. The van der Waals surface area contributed by atoms with Crippen molar-refractivity contribution in [3.8, 4) is 5.75 Å². The SMILES string of the molecule is CCCCc1ccc(NCc2ccc(O)c(Br)c2)cc1. The molecule has 0 aliphatic heterocycles. The molecule has 2 aromatic rings. The van der Waals surface area contributed by atoms with Crippen molar-refractivity contribution in [2.24, 2.45) is 0 Å². The van der Waals surface area contributed by atoms with Gasteiger partial charge in [0.05, 0.1) is 4.47 Å². The molecule has 0 aromatic heterocycles. The lowest BCUT2D eigenvalue weighted by Gasteiger charge is -2.08. The van der Waals surface area contributed by atoms with Gasteiger partial charge in [-0.1, -0.05) is 31.5 Å². The molecule has 0 aliphatic rings. The van der Waals surface area contributed by atoms with E-state index in [9.17, 15) is 5.11 Å². The molecule has 0 bridgehead atoms. The molecule has 106 valence electrons. The zero-order valence-corrected chi connectivity index (χ0v) is 13.3. The highest BCUT2D eigenvalue weighted by molar-refractivity contribution is 9.10. The van der Waals surface area contributed by atoms with Crippen LogP contribution in [0.25, 0.3) is 0 Å². The summed E-state index contributed by atoms with van der Waals surface area (Å²) in [5.41, 5.74) is 3.64. The van der Waals surface area contributed by atoms with E-state index in [1.165, 1.54) is 18.4 Å². The van der Waals surface area contributed by atoms with Crippen molar-refractivity contribution in [2.75, 3.05) is 5.32 Å². The lowest BCUT2D eigenvalue weighted by molar-refractivity contribution is 0.471. The summed E-state index contributed by atoms with van der Waals surface area (Å²) in [5, 5.41) is 12.9. The molecule has 2 N–H and O–H groups in total. The van der Waals surface area contributed by atoms with Gasteiger partial charge in [0.2, 0.25) is 0 Å². The van der Waals surface area contributed by atoms with Crippen LogP contribution >= 0.6 is 15.9 Å². The first-order valence-electron chi connectivity index (χ1n) is 6.99. The summed E-state index contributed by atoms with van der Waals surface area (Å²) in [4.78, 5) is 0. The Kier molecular flexibility index (Phi) is 5.48. The Hall–Kier alpha value is -1.48. The molecule has 2 aromatic carbocycles. The predicted octanol–water partition coefficient (Wildman–Crippen LogP) is 5.11. The smallest absolute Gasteiger partial charge is 0.129 e. The van der Waals surface area contributed by atoms with E-state index in [-0.39, 0.29) is 5.75 Å². The van der Waals surface area contributed by atoms with Crippen LogP contribution in [0.2, 0.25) is 0 Å². The number of phenols is 1. The standard InChI is InChI=1S/C17H20BrNO/c1-2-3-4-13-5-8-15(9-6-13)19-12-14-7-10-17(20)16(18)11-14/h5-11,19-20H,2-4,12H2,1H3. The van der Waals surface area contributed by atoms with Crippen LogP contribution in [0.4, 0.5) is 5.69 Å². The molecule has 2 rings (SSSR count). The van der Waals surface area contributed by atoms with E-state index in [1.807, 2.05) is 12.1 Å². The Morgan fingerprint density at radius 2 is 1.75 bits per heavy atom. The third-order valence-corrected chi connectivity index (χ3v) is 3.92. The van der Waals surface area contributed by atoms with Gasteiger partial charge in [-0.3, -0.25) is 0 Å². The third-order valence-electron chi connectivity index (χ3n) is 3.28. The number of anilines is 1. The Balaban J connectivity index is 1.91. The maximum Gasteiger partial charge on any atom is 0.129 e. The van der Waals surface area contributed by atoms with Gasteiger partial charge in [-0.15, -0.1) is 0 Å². The molecule has 0 atom stereocenters. The number of phenolic OH excluding ortho intramolecular Hbond substituents is 1. The Morgan fingerprint density at radius 1 is 1.05 bits per heavy atom. The third kappa shape index (κ3) is 4.27. The summed E-state index contributed by atoms with van der Waals surface area (Å²) in [6.45, 7) is 2.96. The van der Waals surface area contributed by atoms with Crippen molar-refractivity contribution in [1.29, 1.82) is 0 Å². The molecule has 0 unspecified atom stereocenters. The van der Waals surface area contributed by atoms with E-state index in [2.05, 4.69) is 52.4 Å². The van der Waals surface area contributed by atoms with E-state index < -0.39 is 0 Å². The normalized spacial score (nSPS) is 10.5. The van der Waals surface area contributed by atoms with Crippen LogP contribution in [0.3, 0.4) is 0 Å².